The molecule has 1 aromatic heterocycles. The van der Waals surface area contributed by atoms with Crippen LogP contribution >= 0.6 is 0 Å². The highest BCUT2D eigenvalue weighted by Crippen LogP contribution is 2.36. The van der Waals surface area contributed by atoms with Gasteiger partial charge in [0.1, 0.15) is 4.90 Å². The third-order valence-electron chi connectivity index (χ3n) is 3.88. The summed E-state index contributed by atoms with van der Waals surface area (Å²) in [5.74, 6) is 1.15. The molecule has 128 valence electrons. The zero-order chi connectivity index (χ0) is 17.5. The monoisotopic (exact) mass is 348 g/mol. The number of hydrogen-bond donors (Lipinski definition) is 0. The molecule has 0 saturated heterocycles. The van der Waals surface area contributed by atoms with E-state index in [-0.39, 0.29) is 17.1 Å². The van der Waals surface area contributed by atoms with Gasteiger partial charge in [0, 0.05) is 30.4 Å². The molecule has 2 aromatic rings. The van der Waals surface area contributed by atoms with Gasteiger partial charge in [0.25, 0.3) is 10.0 Å². The fourth-order valence-corrected chi connectivity index (χ4v) is 3.49. The van der Waals surface area contributed by atoms with Gasteiger partial charge in [-0.25, -0.2) is 8.42 Å². The summed E-state index contributed by atoms with van der Waals surface area (Å²) in [6.07, 6.45) is 1.40. The van der Waals surface area contributed by atoms with E-state index in [9.17, 15) is 8.42 Å². The number of benzene rings is 1. The van der Waals surface area contributed by atoms with Gasteiger partial charge in [-0.2, -0.15) is 0 Å². The van der Waals surface area contributed by atoms with Crippen molar-refractivity contribution >= 4 is 15.7 Å². The van der Waals surface area contributed by atoms with Gasteiger partial charge < -0.3 is 9.47 Å². The zero-order valence-corrected chi connectivity index (χ0v) is 14.9. The number of aromatic nitrogens is 1. The first-order chi connectivity index (χ1) is 11.2. The quantitative estimate of drug-likeness (QED) is 0.853. The Hall–Kier alpha value is -2.28. The maximum atomic E-state index is 12.8. The summed E-state index contributed by atoms with van der Waals surface area (Å²) >= 11 is 0. The van der Waals surface area contributed by atoms with Crippen LogP contribution < -0.4 is 13.8 Å². The SMILES string of the molecule is CN(c1ccc2c(c1)OCO2)S(=O)(=O)c1ccc(C(C)(C)C)nc1. The van der Waals surface area contributed by atoms with E-state index in [4.69, 9.17) is 9.47 Å². The molecule has 0 saturated carbocycles. The first-order valence-electron chi connectivity index (χ1n) is 7.55. The van der Waals surface area contributed by atoms with Crippen LogP contribution in [0.15, 0.2) is 41.4 Å². The minimum absolute atomic E-state index is 0.133. The molecule has 0 N–H and O–H groups in total. The Morgan fingerprint density at radius 1 is 1.08 bits per heavy atom. The maximum absolute atomic E-state index is 12.8. The number of fused-ring (bicyclic) bond motifs is 1. The Morgan fingerprint density at radius 2 is 1.79 bits per heavy atom. The molecule has 0 fully saturated rings. The number of rotatable bonds is 3. The van der Waals surface area contributed by atoms with Gasteiger partial charge in [-0.1, -0.05) is 20.8 Å². The van der Waals surface area contributed by atoms with Crippen LogP contribution in [0.3, 0.4) is 0 Å². The first kappa shape index (κ1) is 16.6. The van der Waals surface area contributed by atoms with Crippen LogP contribution in [0.25, 0.3) is 0 Å². The molecular weight excluding hydrogens is 328 g/mol. The van der Waals surface area contributed by atoms with Crippen molar-refractivity contribution in [3.8, 4) is 11.5 Å². The normalized spacial score (nSPS) is 13.8. The number of anilines is 1. The van der Waals surface area contributed by atoms with Crippen molar-refractivity contribution in [3.05, 3.63) is 42.2 Å². The highest BCUT2D eigenvalue weighted by atomic mass is 32.2. The van der Waals surface area contributed by atoms with Gasteiger partial charge in [0.05, 0.1) is 5.69 Å². The molecule has 0 unspecified atom stereocenters. The summed E-state index contributed by atoms with van der Waals surface area (Å²) in [6, 6.07) is 8.37. The highest BCUT2D eigenvalue weighted by molar-refractivity contribution is 7.92. The Morgan fingerprint density at radius 3 is 2.42 bits per heavy atom. The molecule has 3 rings (SSSR count). The second kappa shape index (κ2) is 5.66. The van der Waals surface area contributed by atoms with Crippen molar-refractivity contribution in [2.24, 2.45) is 0 Å². The molecule has 0 atom stereocenters. The highest BCUT2D eigenvalue weighted by Gasteiger charge is 2.25. The van der Waals surface area contributed by atoms with Gasteiger partial charge in [-0.05, 0) is 24.3 Å². The van der Waals surface area contributed by atoms with Crippen LogP contribution in [0.4, 0.5) is 5.69 Å². The second-order valence-corrected chi connectivity index (χ2v) is 8.61. The summed E-state index contributed by atoms with van der Waals surface area (Å²) in [5.41, 5.74) is 1.21. The lowest BCUT2D eigenvalue weighted by Gasteiger charge is -2.21. The predicted molar refractivity (Wildman–Crippen MR) is 91.1 cm³/mol. The van der Waals surface area contributed by atoms with Crippen molar-refractivity contribution < 1.29 is 17.9 Å². The van der Waals surface area contributed by atoms with Crippen LogP contribution in [-0.2, 0) is 15.4 Å². The predicted octanol–water partition coefficient (Wildman–Crippen LogP) is 2.93. The van der Waals surface area contributed by atoms with E-state index >= 15 is 0 Å². The van der Waals surface area contributed by atoms with Crippen molar-refractivity contribution in [1.29, 1.82) is 0 Å². The van der Waals surface area contributed by atoms with Crippen LogP contribution in [0.1, 0.15) is 26.5 Å². The summed E-state index contributed by atoms with van der Waals surface area (Å²) in [7, 11) is -2.19. The Bertz CT molecular complexity index is 855. The molecule has 0 spiro atoms. The average molecular weight is 348 g/mol. The van der Waals surface area contributed by atoms with Gasteiger partial charge >= 0.3 is 0 Å². The van der Waals surface area contributed by atoms with E-state index < -0.39 is 10.0 Å². The minimum Gasteiger partial charge on any atom is -0.454 e. The molecule has 1 aliphatic heterocycles. The summed E-state index contributed by atoms with van der Waals surface area (Å²) in [5, 5.41) is 0. The molecule has 0 radical (unpaired) electrons. The van der Waals surface area contributed by atoms with Crippen molar-refractivity contribution in [2.45, 2.75) is 31.1 Å². The number of pyridine rings is 1. The molecule has 24 heavy (non-hydrogen) atoms. The lowest BCUT2D eigenvalue weighted by molar-refractivity contribution is 0.174. The fraction of sp³-hybridized carbons (Fsp3) is 0.353. The van der Waals surface area contributed by atoms with E-state index in [1.807, 2.05) is 20.8 Å². The number of nitrogens with zero attached hydrogens (tertiary/aromatic N) is 2. The molecule has 1 aliphatic rings. The standard InChI is InChI=1S/C17H20N2O4S/c1-17(2,3)16-8-6-13(10-18-16)24(20,21)19(4)12-5-7-14-15(9-12)23-11-22-14/h5-10H,11H2,1-4H3. The lowest BCUT2D eigenvalue weighted by Crippen LogP contribution is -2.27. The lowest BCUT2D eigenvalue weighted by atomic mass is 9.92. The molecular formula is C17H20N2O4S. The van der Waals surface area contributed by atoms with Crippen LogP contribution in [0.2, 0.25) is 0 Å². The van der Waals surface area contributed by atoms with Gasteiger partial charge in [-0.15, -0.1) is 0 Å². The second-order valence-electron chi connectivity index (χ2n) is 6.64. The van der Waals surface area contributed by atoms with Crippen molar-refractivity contribution in [1.82, 2.24) is 4.98 Å². The maximum Gasteiger partial charge on any atom is 0.265 e. The van der Waals surface area contributed by atoms with E-state index in [0.717, 1.165) is 5.69 Å². The van der Waals surface area contributed by atoms with Crippen LogP contribution in [0.5, 0.6) is 11.5 Å². The summed E-state index contributed by atoms with van der Waals surface area (Å²) in [4.78, 5) is 4.45. The first-order valence-corrected chi connectivity index (χ1v) is 8.99. The van der Waals surface area contributed by atoms with E-state index in [1.54, 1.807) is 30.3 Å². The van der Waals surface area contributed by atoms with Gasteiger partial charge in [0.15, 0.2) is 11.5 Å². The van der Waals surface area contributed by atoms with Crippen LogP contribution in [0, 0.1) is 0 Å². The summed E-state index contributed by atoms with van der Waals surface area (Å²) < 4.78 is 37.4. The number of sulfonamides is 1. The topological polar surface area (TPSA) is 68.7 Å². The molecule has 0 aliphatic carbocycles. The summed E-state index contributed by atoms with van der Waals surface area (Å²) in [6.45, 7) is 6.24. The molecule has 1 aromatic carbocycles. The molecule has 0 amide bonds. The Kier molecular flexibility index (Phi) is 3.91. The molecule has 2 heterocycles. The van der Waals surface area contributed by atoms with E-state index in [0.29, 0.717) is 17.2 Å². The van der Waals surface area contributed by atoms with Crippen molar-refractivity contribution in [2.75, 3.05) is 18.1 Å². The third kappa shape index (κ3) is 2.91. The van der Waals surface area contributed by atoms with Crippen LogP contribution in [-0.4, -0.2) is 27.2 Å². The smallest absolute Gasteiger partial charge is 0.265 e. The molecule has 6 nitrogen and oxygen atoms in total. The van der Waals surface area contributed by atoms with Crippen molar-refractivity contribution in [3.63, 3.8) is 0 Å². The van der Waals surface area contributed by atoms with E-state index in [2.05, 4.69) is 4.98 Å². The molecule has 7 heteroatoms. The number of ether oxygens (including phenoxy) is 2. The Balaban J connectivity index is 1.92. The third-order valence-corrected chi connectivity index (χ3v) is 5.65. The number of hydrogen-bond acceptors (Lipinski definition) is 5. The van der Waals surface area contributed by atoms with Gasteiger partial charge in [-0.3, -0.25) is 9.29 Å². The average Bonchev–Trinajstić information content (AvgIpc) is 3.01. The Labute approximate surface area is 142 Å². The van der Waals surface area contributed by atoms with Gasteiger partial charge in [0.2, 0.25) is 6.79 Å². The van der Waals surface area contributed by atoms with E-state index in [1.165, 1.54) is 17.5 Å². The molecule has 0 bridgehead atoms. The largest absolute Gasteiger partial charge is 0.454 e. The minimum atomic E-state index is -3.70. The fourth-order valence-electron chi connectivity index (χ4n) is 2.35. The zero-order valence-electron chi connectivity index (χ0n) is 14.1.